The van der Waals surface area contributed by atoms with Crippen LogP contribution < -0.4 is 10.0 Å². The van der Waals surface area contributed by atoms with E-state index in [0.717, 1.165) is 17.8 Å². The van der Waals surface area contributed by atoms with Crippen LogP contribution in [0.15, 0.2) is 77.8 Å². The van der Waals surface area contributed by atoms with Crippen molar-refractivity contribution in [1.82, 2.24) is 4.98 Å². The van der Waals surface area contributed by atoms with E-state index in [0.29, 0.717) is 0 Å². The van der Waals surface area contributed by atoms with E-state index in [1.807, 2.05) is 12.1 Å². The maximum Gasteiger partial charge on any atom is 0.263 e. The Labute approximate surface area is 147 Å². The lowest BCUT2D eigenvalue weighted by atomic mass is 10.1. The van der Waals surface area contributed by atoms with E-state index in [-0.39, 0.29) is 10.7 Å². The Hall–Kier alpha value is -2.86. The van der Waals surface area contributed by atoms with Crippen LogP contribution in [0.1, 0.15) is 12.5 Å². The summed E-state index contributed by atoms with van der Waals surface area (Å²) in [4.78, 5) is 4.37. The summed E-state index contributed by atoms with van der Waals surface area (Å²) in [6, 6.07) is 19.8. The summed E-state index contributed by atoms with van der Waals surface area (Å²) in [5.41, 5.74) is 3.01. The number of aromatic nitrogens is 1. The number of benzene rings is 2. The Morgan fingerprint density at radius 3 is 2.16 bits per heavy atom. The lowest BCUT2D eigenvalue weighted by Crippen LogP contribution is -2.13. The summed E-state index contributed by atoms with van der Waals surface area (Å²) in [5, 5.41) is 3.24. The second-order valence-corrected chi connectivity index (χ2v) is 7.21. The number of pyridine rings is 1. The molecule has 0 saturated heterocycles. The molecule has 3 aromatic rings. The predicted octanol–water partition coefficient (Wildman–Crippen LogP) is 4.19. The molecule has 1 aromatic heterocycles. The van der Waals surface area contributed by atoms with Gasteiger partial charge in [0.2, 0.25) is 0 Å². The Kier molecular flexibility index (Phi) is 5.00. The molecule has 0 unspecified atom stereocenters. The van der Waals surface area contributed by atoms with Gasteiger partial charge in [0, 0.05) is 5.69 Å². The first kappa shape index (κ1) is 17.0. The molecule has 6 heteroatoms. The number of nitrogens with zero attached hydrogens (tertiary/aromatic N) is 1. The van der Waals surface area contributed by atoms with Crippen molar-refractivity contribution in [1.29, 1.82) is 0 Å². The second kappa shape index (κ2) is 7.36. The van der Waals surface area contributed by atoms with Gasteiger partial charge in [0.25, 0.3) is 10.0 Å². The molecule has 0 bridgehead atoms. The summed E-state index contributed by atoms with van der Waals surface area (Å²) >= 11 is 0. The third-order valence-electron chi connectivity index (χ3n) is 3.71. The fraction of sp³-hybridized carbons (Fsp3) is 0.105. The van der Waals surface area contributed by atoms with Crippen LogP contribution in [0.3, 0.4) is 0 Å². The molecule has 2 N–H and O–H groups in total. The lowest BCUT2D eigenvalue weighted by Gasteiger charge is -2.09. The molecule has 0 aliphatic carbocycles. The molecule has 25 heavy (non-hydrogen) atoms. The van der Waals surface area contributed by atoms with Gasteiger partial charge in [-0.25, -0.2) is 13.4 Å². The van der Waals surface area contributed by atoms with Gasteiger partial charge in [0.15, 0.2) is 0 Å². The average molecular weight is 353 g/mol. The Bertz CT molecular complexity index is 923. The maximum atomic E-state index is 12.3. The Balaban J connectivity index is 1.69. The molecule has 0 amide bonds. The molecule has 128 valence electrons. The van der Waals surface area contributed by atoms with Crippen molar-refractivity contribution in [3.8, 4) is 0 Å². The van der Waals surface area contributed by atoms with Gasteiger partial charge in [0.05, 0.1) is 16.8 Å². The van der Waals surface area contributed by atoms with Crippen LogP contribution in [0.4, 0.5) is 17.2 Å². The monoisotopic (exact) mass is 353 g/mol. The van der Waals surface area contributed by atoms with Crippen LogP contribution >= 0.6 is 0 Å². The van der Waals surface area contributed by atoms with Crippen LogP contribution in [0.25, 0.3) is 0 Å². The summed E-state index contributed by atoms with van der Waals surface area (Å²) in [6.07, 6.45) is 2.59. The Morgan fingerprint density at radius 2 is 1.56 bits per heavy atom. The molecule has 5 nitrogen and oxygen atoms in total. The molecule has 3 rings (SSSR count). The molecule has 0 saturated carbocycles. The van der Waals surface area contributed by atoms with Gasteiger partial charge in [-0.1, -0.05) is 37.3 Å². The van der Waals surface area contributed by atoms with Crippen molar-refractivity contribution in [2.24, 2.45) is 0 Å². The molecule has 0 atom stereocenters. The fourth-order valence-corrected chi connectivity index (χ4v) is 3.34. The minimum absolute atomic E-state index is 0.204. The minimum Gasteiger partial charge on any atom is -0.354 e. The number of anilines is 3. The van der Waals surface area contributed by atoms with Gasteiger partial charge in [0.1, 0.15) is 5.82 Å². The standard InChI is InChI=1S/C19H19N3O2S/c1-2-15-8-10-16(11-9-15)21-17-12-13-19(20-14-17)22-25(23,24)18-6-4-3-5-7-18/h3-14,21H,2H2,1H3,(H,20,22). The van der Waals surface area contributed by atoms with Gasteiger partial charge in [-0.3, -0.25) is 4.72 Å². The zero-order valence-corrected chi connectivity index (χ0v) is 14.6. The van der Waals surface area contributed by atoms with E-state index in [4.69, 9.17) is 0 Å². The van der Waals surface area contributed by atoms with Crippen LogP contribution in [0, 0.1) is 0 Å². The fourth-order valence-electron chi connectivity index (χ4n) is 2.31. The zero-order valence-electron chi connectivity index (χ0n) is 13.8. The first-order valence-corrected chi connectivity index (χ1v) is 9.45. The van der Waals surface area contributed by atoms with Gasteiger partial charge in [-0.05, 0) is 48.4 Å². The topological polar surface area (TPSA) is 71.1 Å². The van der Waals surface area contributed by atoms with Crippen molar-refractivity contribution in [2.75, 3.05) is 10.0 Å². The SMILES string of the molecule is CCc1ccc(Nc2ccc(NS(=O)(=O)c3ccccc3)nc2)cc1. The molecular weight excluding hydrogens is 334 g/mol. The van der Waals surface area contributed by atoms with Gasteiger partial charge >= 0.3 is 0 Å². The van der Waals surface area contributed by atoms with Gasteiger partial charge < -0.3 is 5.32 Å². The molecule has 2 aromatic carbocycles. The highest BCUT2D eigenvalue weighted by Gasteiger charge is 2.13. The quantitative estimate of drug-likeness (QED) is 0.697. The molecule has 0 fully saturated rings. The van der Waals surface area contributed by atoms with Crippen molar-refractivity contribution in [3.63, 3.8) is 0 Å². The van der Waals surface area contributed by atoms with E-state index in [1.165, 1.54) is 17.7 Å². The molecule has 1 heterocycles. The van der Waals surface area contributed by atoms with Gasteiger partial charge in [-0.15, -0.1) is 0 Å². The second-order valence-electron chi connectivity index (χ2n) is 5.53. The van der Waals surface area contributed by atoms with Crippen molar-refractivity contribution >= 4 is 27.2 Å². The Morgan fingerprint density at radius 1 is 0.880 bits per heavy atom. The van der Waals surface area contributed by atoms with Crippen molar-refractivity contribution < 1.29 is 8.42 Å². The van der Waals surface area contributed by atoms with Crippen LogP contribution in [0.5, 0.6) is 0 Å². The van der Waals surface area contributed by atoms with E-state index >= 15 is 0 Å². The molecule has 0 spiro atoms. The molecule has 0 radical (unpaired) electrons. The molecule has 0 aliphatic heterocycles. The smallest absolute Gasteiger partial charge is 0.263 e. The van der Waals surface area contributed by atoms with Gasteiger partial charge in [-0.2, -0.15) is 0 Å². The number of hydrogen-bond donors (Lipinski definition) is 2. The predicted molar refractivity (Wildman–Crippen MR) is 101 cm³/mol. The first-order valence-electron chi connectivity index (χ1n) is 7.97. The number of hydrogen-bond acceptors (Lipinski definition) is 4. The summed E-state index contributed by atoms with van der Waals surface area (Å²) in [7, 11) is -3.63. The lowest BCUT2D eigenvalue weighted by molar-refractivity contribution is 0.601. The highest BCUT2D eigenvalue weighted by atomic mass is 32.2. The van der Waals surface area contributed by atoms with Crippen LogP contribution in [-0.4, -0.2) is 13.4 Å². The number of rotatable bonds is 6. The summed E-state index contributed by atoms with van der Waals surface area (Å²) in [5.74, 6) is 0.274. The van der Waals surface area contributed by atoms with Crippen molar-refractivity contribution in [3.05, 3.63) is 78.5 Å². The largest absolute Gasteiger partial charge is 0.354 e. The maximum absolute atomic E-state index is 12.3. The third kappa shape index (κ3) is 4.36. The minimum atomic E-state index is -3.63. The highest BCUT2D eigenvalue weighted by molar-refractivity contribution is 7.92. The molecular formula is C19H19N3O2S. The summed E-state index contributed by atoms with van der Waals surface area (Å²) < 4.78 is 27.0. The zero-order chi connectivity index (χ0) is 17.7. The normalized spacial score (nSPS) is 11.1. The number of nitrogens with one attached hydrogen (secondary N) is 2. The molecule has 0 aliphatic rings. The summed E-state index contributed by atoms with van der Waals surface area (Å²) in [6.45, 7) is 2.11. The van der Waals surface area contributed by atoms with E-state index in [9.17, 15) is 8.42 Å². The van der Waals surface area contributed by atoms with E-state index in [1.54, 1.807) is 36.5 Å². The third-order valence-corrected chi connectivity index (χ3v) is 5.08. The van der Waals surface area contributed by atoms with Crippen LogP contribution in [-0.2, 0) is 16.4 Å². The number of aryl methyl sites for hydroxylation is 1. The van der Waals surface area contributed by atoms with E-state index in [2.05, 4.69) is 34.1 Å². The first-order chi connectivity index (χ1) is 12.1. The average Bonchev–Trinajstić information content (AvgIpc) is 2.64. The van der Waals surface area contributed by atoms with Crippen LogP contribution in [0.2, 0.25) is 0 Å². The highest BCUT2D eigenvalue weighted by Crippen LogP contribution is 2.19. The van der Waals surface area contributed by atoms with E-state index < -0.39 is 10.0 Å². The van der Waals surface area contributed by atoms with Crippen molar-refractivity contribution in [2.45, 2.75) is 18.2 Å². The number of sulfonamides is 1.